The number of hydrogen-bond donors (Lipinski definition) is 3. The Morgan fingerprint density at radius 2 is 1.84 bits per heavy atom. The average molecular weight is 616 g/mol. The lowest BCUT2D eigenvalue weighted by Gasteiger charge is -2.33. The summed E-state index contributed by atoms with van der Waals surface area (Å²) in [4.78, 5) is 9.48. The molecule has 0 aromatic carbocycles. The highest BCUT2D eigenvalue weighted by atomic mass is 19.1. The number of halogens is 1. The van der Waals surface area contributed by atoms with Gasteiger partial charge in [0.05, 0.1) is 23.0 Å². The predicted octanol–water partition coefficient (Wildman–Crippen LogP) is 9.52. The Labute approximate surface area is 273 Å². The van der Waals surface area contributed by atoms with Crippen LogP contribution >= 0.6 is 0 Å². The zero-order valence-corrected chi connectivity index (χ0v) is 29.2. The molecule has 0 saturated carbocycles. The summed E-state index contributed by atoms with van der Waals surface area (Å²) in [5.74, 6) is 0.947. The lowest BCUT2D eigenvalue weighted by atomic mass is 9.93. The summed E-state index contributed by atoms with van der Waals surface area (Å²) in [6, 6.07) is 0.104. The molecule has 1 rings (SSSR count). The lowest BCUT2D eigenvalue weighted by Crippen LogP contribution is -2.46. The Bertz CT molecular complexity index is 1300. The highest BCUT2D eigenvalue weighted by Crippen LogP contribution is 2.21. The molecule has 45 heavy (non-hydrogen) atoms. The summed E-state index contributed by atoms with van der Waals surface area (Å²) in [6.45, 7) is 37.2. The van der Waals surface area contributed by atoms with Crippen molar-refractivity contribution in [1.29, 1.82) is 0 Å². The van der Waals surface area contributed by atoms with Crippen molar-refractivity contribution in [1.82, 2.24) is 16.0 Å². The third kappa shape index (κ3) is 15.1. The van der Waals surface area contributed by atoms with Crippen LogP contribution in [0.3, 0.4) is 0 Å². The van der Waals surface area contributed by atoms with Gasteiger partial charge in [-0.3, -0.25) is 4.99 Å². The second kappa shape index (κ2) is 19.5. The quantitative estimate of drug-likeness (QED) is 0.113. The van der Waals surface area contributed by atoms with Crippen molar-refractivity contribution in [2.45, 2.75) is 98.7 Å². The molecular weight excluding hydrogens is 557 g/mol. The minimum atomic E-state index is -0.641. The maximum Gasteiger partial charge on any atom is 0.121 e. The third-order valence-corrected chi connectivity index (χ3v) is 7.67. The third-order valence-electron chi connectivity index (χ3n) is 7.67. The van der Waals surface area contributed by atoms with Crippen molar-refractivity contribution < 1.29 is 4.39 Å². The van der Waals surface area contributed by atoms with Crippen LogP contribution in [0.15, 0.2) is 131 Å². The molecule has 1 heterocycles. The van der Waals surface area contributed by atoms with Crippen LogP contribution in [0, 0.1) is 5.92 Å². The summed E-state index contributed by atoms with van der Waals surface area (Å²) in [5.41, 5.74) is 5.30. The highest BCUT2D eigenvalue weighted by Gasteiger charge is 2.26. The molecule has 0 saturated heterocycles. The second-order valence-electron chi connectivity index (χ2n) is 12.5. The first-order chi connectivity index (χ1) is 21.1. The molecule has 1 aliphatic rings. The SMILES string of the molecule is C=CCC(CCC(C)/C=C(\C)C(=C)C)NC(=C)C1(C)C=CC(C(=C)NCC(=C)C=CCC(F)=C(C)C)=NC(C)=NC(C)C=CN1. The van der Waals surface area contributed by atoms with E-state index in [1.54, 1.807) is 19.9 Å². The van der Waals surface area contributed by atoms with Crippen LogP contribution < -0.4 is 16.0 Å². The standard InChI is InChI=1S/C39H58FN5/c1-14-16-36(20-19-29(6)25-31(8)27(2)3)44-34(11)39(13)23-21-38(45-35(12)43-32(9)22-24-42-39)33(10)41-26-30(7)17-15-18-37(40)28(4)5/h14-15,17,21-25,29,32,36,41-42,44H,1-2,7,10-11,16,18-20,26H2,3-6,8-9,12-13H3/b17-15?,23-21?,24-22?,31-25+,43-35?,45-38?. The van der Waals surface area contributed by atoms with E-state index in [9.17, 15) is 4.39 Å². The molecule has 3 N–H and O–H groups in total. The molecule has 6 heteroatoms. The molecule has 0 aromatic rings. The Morgan fingerprint density at radius 1 is 1.16 bits per heavy atom. The molecule has 4 unspecified atom stereocenters. The predicted molar refractivity (Wildman–Crippen MR) is 197 cm³/mol. The van der Waals surface area contributed by atoms with Crippen LogP contribution in [-0.2, 0) is 0 Å². The number of allylic oxidation sites excluding steroid dienone is 7. The van der Waals surface area contributed by atoms with Gasteiger partial charge in [-0.2, -0.15) is 0 Å². The molecule has 0 fully saturated rings. The van der Waals surface area contributed by atoms with Gasteiger partial charge in [0.2, 0.25) is 0 Å². The van der Waals surface area contributed by atoms with Gasteiger partial charge >= 0.3 is 0 Å². The minimum absolute atomic E-state index is 0.0795. The van der Waals surface area contributed by atoms with Crippen molar-refractivity contribution in [3.63, 3.8) is 0 Å². The van der Waals surface area contributed by atoms with Crippen LogP contribution in [0.2, 0.25) is 0 Å². The Balaban J connectivity index is 3.17. The fraction of sp³-hybridized carbons (Fsp3) is 0.436. The molecular formula is C39H58FN5. The van der Waals surface area contributed by atoms with Crippen molar-refractivity contribution in [3.8, 4) is 0 Å². The number of aliphatic imine (C=N–C) groups is 2. The zero-order valence-electron chi connectivity index (χ0n) is 29.2. The summed E-state index contributed by atoms with van der Waals surface area (Å²) in [6.07, 6.45) is 18.9. The largest absolute Gasteiger partial charge is 0.384 e. The van der Waals surface area contributed by atoms with Gasteiger partial charge < -0.3 is 16.0 Å². The van der Waals surface area contributed by atoms with E-state index in [0.29, 0.717) is 35.3 Å². The summed E-state index contributed by atoms with van der Waals surface area (Å²) < 4.78 is 13.8. The maximum atomic E-state index is 13.8. The first-order valence-electron chi connectivity index (χ1n) is 15.8. The van der Waals surface area contributed by atoms with Crippen LogP contribution in [0.5, 0.6) is 0 Å². The van der Waals surface area contributed by atoms with Gasteiger partial charge in [-0.25, -0.2) is 9.38 Å². The van der Waals surface area contributed by atoms with Crippen LogP contribution in [0.4, 0.5) is 4.39 Å². The molecule has 4 atom stereocenters. The monoisotopic (exact) mass is 615 g/mol. The van der Waals surface area contributed by atoms with Gasteiger partial charge in [0.25, 0.3) is 0 Å². The Morgan fingerprint density at radius 3 is 2.47 bits per heavy atom. The molecule has 0 radical (unpaired) electrons. The zero-order chi connectivity index (χ0) is 34.2. The fourth-order valence-electron chi connectivity index (χ4n) is 4.45. The van der Waals surface area contributed by atoms with Gasteiger partial charge in [-0.15, -0.1) is 6.58 Å². The van der Waals surface area contributed by atoms with E-state index in [1.165, 1.54) is 5.57 Å². The molecule has 0 amide bonds. The number of rotatable bonds is 17. The molecule has 246 valence electrons. The van der Waals surface area contributed by atoms with Crippen molar-refractivity contribution in [2.24, 2.45) is 15.9 Å². The number of amidine groups is 1. The molecule has 0 bridgehead atoms. The number of hydrogen-bond acceptors (Lipinski definition) is 5. The second-order valence-corrected chi connectivity index (χ2v) is 12.5. The van der Waals surface area contributed by atoms with E-state index in [-0.39, 0.29) is 24.3 Å². The Hall–Kier alpha value is -3.93. The van der Waals surface area contributed by atoms with Crippen molar-refractivity contribution in [2.75, 3.05) is 6.54 Å². The van der Waals surface area contributed by atoms with E-state index in [1.807, 2.05) is 57.4 Å². The first-order valence-corrected chi connectivity index (χ1v) is 15.8. The van der Waals surface area contributed by atoms with Crippen LogP contribution in [-0.4, -0.2) is 35.7 Å². The maximum absolute atomic E-state index is 13.8. The van der Waals surface area contributed by atoms with E-state index in [0.717, 1.165) is 36.1 Å². The average Bonchev–Trinajstić information content (AvgIpc) is 2.98. The first kappa shape index (κ1) is 39.1. The van der Waals surface area contributed by atoms with Crippen molar-refractivity contribution >= 4 is 11.5 Å². The van der Waals surface area contributed by atoms with E-state index >= 15 is 0 Å². The minimum Gasteiger partial charge on any atom is -0.384 e. The summed E-state index contributed by atoms with van der Waals surface area (Å²) >= 11 is 0. The molecule has 0 spiro atoms. The molecule has 0 aliphatic carbocycles. The van der Waals surface area contributed by atoms with Crippen molar-refractivity contribution in [3.05, 3.63) is 121 Å². The number of nitrogens with zero attached hydrogens (tertiary/aromatic N) is 2. The van der Waals surface area contributed by atoms with Gasteiger partial charge in [-0.05, 0) is 103 Å². The Kier molecular flexibility index (Phi) is 16.9. The van der Waals surface area contributed by atoms with E-state index in [4.69, 9.17) is 4.99 Å². The fourth-order valence-corrected chi connectivity index (χ4v) is 4.45. The van der Waals surface area contributed by atoms with E-state index in [2.05, 4.69) is 80.7 Å². The van der Waals surface area contributed by atoms with Gasteiger partial charge in [0.15, 0.2) is 0 Å². The van der Waals surface area contributed by atoms with Gasteiger partial charge in [-0.1, -0.05) is 74.8 Å². The summed E-state index contributed by atoms with van der Waals surface area (Å²) in [7, 11) is 0. The topological polar surface area (TPSA) is 60.8 Å². The normalized spacial score (nSPS) is 20.1. The molecule has 1 aliphatic heterocycles. The summed E-state index contributed by atoms with van der Waals surface area (Å²) in [5, 5.41) is 10.5. The highest BCUT2D eigenvalue weighted by molar-refractivity contribution is 6.12. The van der Waals surface area contributed by atoms with Crippen LogP contribution in [0.25, 0.3) is 0 Å². The molecule has 5 nitrogen and oxygen atoms in total. The van der Waals surface area contributed by atoms with Gasteiger partial charge in [0.1, 0.15) is 11.7 Å². The number of nitrogens with one attached hydrogen (secondary N) is 3. The lowest BCUT2D eigenvalue weighted by molar-refractivity contribution is 0.437. The molecule has 0 aromatic heterocycles. The van der Waals surface area contributed by atoms with E-state index < -0.39 is 5.54 Å². The van der Waals surface area contributed by atoms with Crippen LogP contribution in [0.1, 0.15) is 81.1 Å². The van der Waals surface area contributed by atoms with Gasteiger partial charge in [0, 0.05) is 24.7 Å². The smallest absolute Gasteiger partial charge is 0.121 e.